The Kier molecular flexibility index (Phi) is 3.72. The summed E-state index contributed by atoms with van der Waals surface area (Å²) in [6.45, 7) is 2.95. The van der Waals surface area contributed by atoms with Gasteiger partial charge in [0.2, 0.25) is 5.91 Å². The average Bonchev–Trinajstić information content (AvgIpc) is 2.51. The Labute approximate surface area is 80.3 Å². The molecule has 1 rings (SSSR count). The van der Waals surface area contributed by atoms with Crippen molar-refractivity contribution in [1.29, 1.82) is 0 Å². The predicted molar refractivity (Wildman–Crippen MR) is 53.2 cm³/mol. The lowest BCUT2D eigenvalue weighted by Crippen LogP contribution is -2.33. The van der Waals surface area contributed by atoms with Gasteiger partial charge in [-0.3, -0.25) is 4.79 Å². The molecule has 2 N–H and O–H groups in total. The third-order valence-electron chi connectivity index (χ3n) is 2.76. The third-order valence-corrected chi connectivity index (χ3v) is 2.76. The van der Waals surface area contributed by atoms with E-state index in [0.29, 0.717) is 0 Å². The van der Waals surface area contributed by atoms with Gasteiger partial charge in [0, 0.05) is 25.6 Å². The number of hydrogen-bond acceptors (Lipinski definition) is 2. The lowest BCUT2D eigenvalue weighted by Gasteiger charge is -2.20. The molecule has 0 heterocycles. The predicted octanol–water partition coefficient (Wildman–Crippen LogP) is 0.982. The van der Waals surface area contributed by atoms with Crippen molar-refractivity contribution < 1.29 is 4.79 Å². The highest BCUT2D eigenvalue weighted by molar-refractivity contribution is 5.78. The van der Waals surface area contributed by atoms with Crippen LogP contribution in [0.4, 0.5) is 0 Å². The van der Waals surface area contributed by atoms with Gasteiger partial charge in [0.1, 0.15) is 0 Å². The molecule has 3 nitrogen and oxygen atoms in total. The molecule has 1 amide bonds. The van der Waals surface area contributed by atoms with Gasteiger partial charge in [-0.1, -0.05) is 6.92 Å². The number of carbonyl (C=O) groups excluding carboxylic acids is 1. The minimum Gasteiger partial charge on any atom is -0.346 e. The van der Waals surface area contributed by atoms with E-state index < -0.39 is 0 Å². The summed E-state index contributed by atoms with van der Waals surface area (Å²) in [5.74, 6) is 0.487. The van der Waals surface area contributed by atoms with Crippen LogP contribution < -0.4 is 5.73 Å². The van der Waals surface area contributed by atoms with Gasteiger partial charge >= 0.3 is 0 Å². The highest BCUT2D eigenvalue weighted by atomic mass is 16.2. The highest BCUT2D eigenvalue weighted by Crippen LogP contribution is 2.25. The van der Waals surface area contributed by atoms with Crippen molar-refractivity contribution in [1.82, 2.24) is 4.90 Å². The molecule has 0 bridgehead atoms. The van der Waals surface area contributed by atoms with Crippen LogP contribution in [-0.4, -0.2) is 30.4 Å². The monoisotopic (exact) mass is 184 g/mol. The Morgan fingerprint density at radius 1 is 1.54 bits per heavy atom. The fourth-order valence-corrected chi connectivity index (χ4v) is 2.00. The van der Waals surface area contributed by atoms with E-state index in [1.165, 1.54) is 0 Å². The number of carbonyl (C=O) groups is 1. The van der Waals surface area contributed by atoms with Crippen LogP contribution in [0.2, 0.25) is 0 Å². The third kappa shape index (κ3) is 2.69. The average molecular weight is 184 g/mol. The summed E-state index contributed by atoms with van der Waals surface area (Å²) in [7, 11) is 1.88. The van der Waals surface area contributed by atoms with Crippen LogP contribution in [-0.2, 0) is 4.79 Å². The van der Waals surface area contributed by atoms with Gasteiger partial charge in [-0.05, 0) is 25.7 Å². The molecule has 0 aromatic carbocycles. The van der Waals surface area contributed by atoms with Crippen LogP contribution in [0, 0.1) is 5.92 Å². The van der Waals surface area contributed by atoms with Gasteiger partial charge < -0.3 is 10.6 Å². The number of hydrogen-bond donors (Lipinski definition) is 1. The van der Waals surface area contributed by atoms with Crippen LogP contribution in [0.1, 0.15) is 32.6 Å². The SMILES string of the molecule is CCCN(C)C(=O)C1CCC(N)C1. The van der Waals surface area contributed by atoms with Gasteiger partial charge in [0.15, 0.2) is 0 Å². The number of nitrogens with zero attached hydrogens (tertiary/aromatic N) is 1. The first-order valence-corrected chi connectivity index (χ1v) is 5.15. The largest absolute Gasteiger partial charge is 0.346 e. The van der Waals surface area contributed by atoms with Crippen molar-refractivity contribution in [2.75, 3.05) is 13.6 Å². The highest BCUT2D eigenvalue weighted by Gasteiger charge is 2.29. The molecule has 1 fully saturated rings. The second kappa shape index (κ2) is 4.61. The maximum Gasteiger partial charge on any atom is 0.225 e. The first-order chi connectivity index (χ1) is 6.15. The zero-order chi connectivity index (χ0) is 9.84. The van der Waals surface area contributed by atoms with E-state index in [9.17, 15) is 4.79 Å². The van der Waals surface area contributed by atoms with E-state index in [1.807, 2.05) is 11.9 Å². The Balaban J connectivity index is 2.38. The van der Waals surface area contributed by atoms with Gasteiger partial charge in [-0.2, -0.15) is 0 Å². The van der Waals surface area contributed by atoms with Crippen molar-refractivity contribution in [3.05, 3.63) is 0 Å². The molecule has 76 valence electrons. The van der Waals surface area contributed by atoms with Gasteiger partial charge in [0.05, 0.1) is 0 Å². The van der Waals surface area contributed by atoms with E-state index >= 15 is 0 Å². The summed E-state index contributed by atoms with van der Waals surface area (Å²) >= 11 is 0. The van der Waals surface area contributed by atoms with Crippen molar-refractivity contribution in [3.63, 3.8) is 0 Å². The lowest BCUT2D eigenvalue weighted by molar-refractivity contribution is -0.134. The molecular formula is C10H20N2O. The first-order valence-electron chi connectivity index (χ1n) is 5.15. The van der Waals surface area contributed by atoms with Crippen LogP contribution in [0.3, 0.4) is 0 Å². The zero-order valence-corrected chi connectivity index (χ0v) is 8.62. The second-order valence-corrected chi connectivity index (χ2v) is 4.03. The minimum atomic E-state index is 0.201. The van der Waals surface area contributed by atoms with Crippen molar-refractivity contribution in [2.24, 2.45) is 11.7 Å². The molecule has 0 saturated heterocycles. The molecule has 1 aliphatic rings. The molecule has 2 unspecified atom stereocenters. The summed E-state index contributed by atoms with van der Waals surface area (Å²) in [5.41, 5.74) is 5.77. The van der Waals surface area contributed by atoms with Crippen LogP contribution in [0.15, 0.2) is 0 Å². The molecule has 0 aliphatic heterocycles. The van der Waals surface area contributed by atoms with Crippen LogP contribution >= 0.6 is 0 Å². The van der Waals surface area contributed by atoms with E-state index in [4.69, 9.17) is 5.73 Å². The summed E-state index contributed by atoms with van der Waals surface area (Å²) in [6.07, 6.45) is 3.90. The summed E-state index contributed by atoms with van der Waals surface area (Å²) < 4.78 is 0. The fraction of sp³-hybridized carbons (Fsp3) is 0.900. The molecule has 0 spiro atoms. The van der Waals surface area contributed by atoms with E-state index in [0.717, 1.165) is 32.2 Å². The summed E-state index contributed by atoms with van der Waals surface area (Å²) in [4.78, 5) is 13.6. The van der Waals surface area contributed by atoms with Crippen molar-refractivity contribution >= 4 is 5.91 Å². The van der Waals surface area contributed by atoms with E-state index in [2.05, 4.69) is 6.92 Å². The molecule has 0 aromatic rings. The molecule has 3 heteroatoms. The number of amides is 1. The number of rotatable bonds is 3. The minimum absolute atomic E-state index is 0.201. The molecule has 0 radical (unpaired) electrons. The molecule has 1 aliphatic carbocycles. The smallest absolute Gasteiger partial charge is 0.225 e. The Morgan fingerprint density at radius 2 is 2.23 bits per heavy atom. The topological polar surface area (TPSA) is 46.3 Å². The van der Waals surface area contributed by atoms with Crippen LogP contribution in [0.25, 0.3) is 0 Å². The van der Waals surface area contributed by atoms with Crippen molar-refractivity contribution in [3.8, 4) is 0 Å². The van der Waals surface area contributed by atoms with Gasteiger partial charge in [-0.15, -0.1) is 0 Å². The Hall–Kier alpha value is -0.570. The Morgan fingerprint density at radius 3 is 2.69 bits per heavy atom. The quantitative estimate of drug-likeness (QED) is 0.710. The zero-order valence-electron chi connectivity index (χ0n) is 8.62. The van der Waals surface area contributed by atoms with E-state index in [1.54, 1.807) is 0 Å². The fourth-order valence-electron chi connectivity index (χ4n) is 2.00. The second-order valence-electron chi connectivity index (χ2n) is 4.03. The first kappa shape index (κ1) is 10.5. The Bertz CT molecular complexity index is 182. The maximum atomic E-state index is 11.8. The number of nitrogens with two attached hydrogens (primary N) is 1. The standard InChI is InChI=1S/C10H20N2O/c1-3-6-12(2)10(13)8-4-5-9(11)7-8/h8-9H,3-7,11H2,1-2H3. The van der Waals surface area contributed by atoms with Crippen molar-refractivity contribution in [2.45, 2.75) is 38.6 Å². The summed E-state index contributed by atoms with van der Waals surface area (Å²) in [6, 6.07) is 0.254. The van der Waals surface area contributed by atoms with Crippen LogP contribution in [0.5, 0.6) is 0 Å². The molecular weight excluding hydrogens is 164 g/mol. The molecule has 1 saturated carbocycles. The van der Waals surface area contributed by atoms with Gasteiger partial charge in [0.25, 0.3) is 0 Å². The lowest BCUT2D eigenvalue weighted by atomic mass is 10.1. The van der Waals surface area contributed by atoms with Gasteiger partial charge in [-0.25, -0.2) is 0 Å². The normalized spacial score (nSPS) is 27.6. The molecule has 0 aromatic heterocycles. The van der Waals surface area contributed by atoms with E-state index in [-0.39, 0.29) is 17.9 Å². The maximum absolute atomic E-state index is 11.8. The molecule has 13 heavy (non-hydrogen) atoms. The summed E-state index contributed by atoms with van der Waals surface area (Å²) in [5, 5.41) is 0. The molecule has 2 atom stereocenters.